The fourth-order valence-electron chi connectivity index (χ4n) is 4.39. The van der Waals surface area contributed by atoms with E-state index in [2.05, 4.69) is 10.2 Å². The van der Waals surface area contributed by atoms with Crippen LogP contribution < -0.4 is 10.1 Å². The number of rotatable bonds is 8. The normalized spacial score (nSPS) is 18.4. The first kappa shape index (κ1) is 27.1. The molecule has 9 nitrogen and oxygen atoms in total. The van der Waals surface area contributed by atoms with Crippen LogP contribution in [0.3, 0.4) is 0 Å². The van der Waals surface area contributed by atoms with E-state index in [1.165, 1.54) is 0 Å². The monoisotopic (exact) mass is 527 g/mol. The minimum atomic E-state index is -0.416. The van der Waals surface area contributed by atoms with Crippen molar-refractivity contribution in [3.63, 3.8) is 0 Å². The van der Waals surface area contributed by atoms with Crippen LogP contribution in [0.2, 0.25) is 0 Å². The van der Waals surface area contributed by atoms with Crippen molar-refractivity contribution >= 4 is 29.0 Å². The summed E-state index contributed by atoms with van der Waals surface area (Å²) >= 11 is 1.61. The molecule has 3 heterocycles. The van der Waals surface area contributed by atoms with Gasteiger partial charge in [0.1, 0.15) is 12.3 Å². The predicted octanol–water partition coefficient (Wildman–Crippen LogP) is 3.58. The molecule has 0 unspecified atom stereocenters. The quantitative estimate of drug-likeness (QED) is 0.567. The van der Waals surface area contributed by atoms with Crippen molar-refractivity contribution in [1.82, 2.24) is 20.1 Å². The van der Waals surface area contributed by atoms with E-state index in [0.29, 0.717) is 32.7 Å². The summed E-state index contributed by atoms with van der Waals surface area (Å²) in [5, 5.41) is 11.3. The number of hydrazone groups is 1. The number of hydrogen-bond acceptors (Lipinski definition) is 7. The minimum Gasteiger partial charge on any atom is -0.497 e. The van der Waals surface area contributed by atoms with Gasteiger partial charge in [-0.25, -0.2) is 9.80 Å². The lowest BCUT2D eigenvalue weighted by atomic mass is 10.0. The molecule has 0 spiro atoms. The summed E-state index contributed by atoms with van der Waals surface area (Å²) in [6.07, 6.45) is 0.612. The zero-order chi connectivity index (χ0) is 26.4. The van der Waals surface area contributed by atoms with Crippen LogP contribution in [-0.2, 0) is 9.53 Å². The molecular formula is C27H37N5O4S. The number of methoxy groups -OCH3 is 1. The lowest BCUT2D eigenvalue weighted by Crippen LogP contribution is -2.53. The molecule has 1 aromatic heterocycles. The van der Waals surface area contributed by atoms with Crippen molar-refractivity contribution in [2.75, 3.05) is 53.0 Å². The number of ether oxygens (including phenoxy) is 2. The minimum absolute atomic E-state index is 0.0554. The summed E-state index contributed by atoms with van der Waals surface area (Å²) in [5.41, 5.74) is 1.44. The average molecular weight is 528 g/mol. The van der Waals surface area contributed by atoms with Crippen LogP contribution in [-0.4, -0.2) is 91.0 Å². The maximum Gasteiger partial charge on any atom is 0.318 e. The molecule has 37 heavy (non-hydrogen) atoms. The molecule has 1 atom stereocenters. The number of benzene rings is 1. The van der Waals surface area contributed by atoms with E-state index in [9.17, 15) is 9.59 Å². The van der Waals surface area contributed by atoms with Gasteiger partial charge in [0, 0.05) is 38.1 Å². The highest BCUT2D eigenvalue weighted by atomic mass is 32.1. The molecular weight excluding hydrogens is 490 g/mol. The summed E-state index contributed by atoms with van der Waals surface area (Å²) in [6, 6.07) is 11.2. The maximum atomic E-state index is 13.7. The van der Waals surface area contributed by atoms with Gasteiger partial charge in [0.25, 0.3) is 5.91 Å². The first-order chi connectivity index (χ1) is 17.7. The first-order valence-electron chi connectivity index (χ1n) is 12.7. The van der Waals surface area contributed by atoms with Crippen LogP contribution in [0, 0.1) is 0 Å². The Labute approximate surface area is 223 Å². The lowest BCUT2D eigenvalue weighted by molar-refractivity contribution is -0.133. The highest BCUT2D eigenvalue weighted by Crippen LogP contribution is 2.34. The van der Waals surface area contributed by atoms with Gasteiger partial charge in [0.15, 0.2) is 0 Å². The number of carbonyl (C=O) groups excluding carboxylic acids is 2. The number of urea groups is 1. The highest BCUT2D eigenvalue weighted by Gasteiger charge is 2.35. The summed E-state index contributed by atoms with van der Waals surface area (Å²) < 4.78 is 10.8. The predicted molar refractivity (Wildman–Crippen MR) is 145 cm³/mol. The summed E-state index contributed by atoms with van der Waals surface area (Å²) in [7, 11) is 1.63. The molecule has 1 N–H and O–H groups in total. The van der Waals surface area contributed by atoms with E-state index in [0.717, 1.165) is 35.0 Å². The molecule has 2 aliphatic rings. The van der Waals surface area contributed by atoms with E-state index in [1.807, 2.05) is 62.5 Å². The molecule has 200 valence electrons. The van der Waals surface area contributed by atoms with Gasteiger partial charge < -0.3 is 19.7 Å². The average Bonchev–Trinajstić information content (AvgIpc) is 3.56. The first-order valence-corrected chi connectivity index (χ1v) is 13.6. The number of hydrogen-bond donors (Lipinski definition) is 1. The molecule has 3 amide bonds. The highest BCUT2D eigenvalue weighted by molar-refractivity contribution is 7.12. The molecule has 1 aromatic carbocycles. The van der Waals surface area contributed by atoms with Crippen molar-refractivity contribution in [3.05, 3.63) is 52.2 Å². The number of carbonyl (C=O) groups is 2. The fraction of sp³-hybridized carbons (Fsp3) is 0.519. The molecule has 2 aromatic rings. The smallest absolute Gasteiger partial charge is 0.318 e. The molecule has 4 rings (SSSR count). The third kappa shape index (κ3) is 7.30. The van der Waals surface area contributed by atoms with E-state index in [-0.39, 0.29) is 24.5 Å². The largest absolute Gasteiger partial charge is 0.497 e. The standard InChI is InChI=1S/C27H37N5O4S/c1-27(2,3)28-26(34)31(12-11-30-13-15-36-16-14-30)19-25(33)32-23(20-7-9-21(35-4)10-8-20)18-22(29-32)24-6-5-17-37-24/h5-10,17,23H,11-16,18-19H2,1-4H3,(H,28,34)/t23-/m0/s1. The summed E-state index contributed by atoms with van der Waals surface area (Å²) in [6.45, 7) is 9.89. The number of nitrogens with zero attached hydrogens (tertiary/aromatic N) is 4. The second-order valence-corrected chi connectivity index (χ2v) is 11.3. The van der Waals surface area contributed by atoms with Gasteiger partial charge in [-0.05, 0) is 49.9 Å². The molecule has 0 bridgehead atoms. The van der Waals surface area contributed by atoms with Gasteiger partial charge >= 0.3 is 6.03 Å². The number of morpholine rings is 1. The Hall–Kier alpha value is -2.95. The number of thiophene rings is 1. The van der Waals surface area contributed by atoms with Gasteiger partial charge in [-0.3, -0.25) is 9.69 Å². The van der Waals surface area contributed by atoms with Crippen LogP contribution in [0.4, 0.5) is 4.79 Å². The Morgan fingerprint density at radius 1 is 1.19 bits per heavy atom. The van der Waals surface area contributed by atoms with E-state index in [1.54, 1.807) is 28.4 Å². The Morgan fingerprint density at radius 3 is 2.54 bits per heavy atom. The second kappa shape index (κ2) is 12.1. The van der Waals surface area contributed by atoms with E-state index in [4.69, 9.17) is 14.6 Å². The van der Waals surface area contributed by atoms with Crippen molar-refractivity contribution in [2.24, 2.45) is 5.10 Å². The zero-order valence-electron chi connectivity index (χ0n) is 22.1. The zero-order valence-corrected chi connectivity index (χ0v) is 22.9. The Morgan fingerprint density at radius 2 is 1.92 bits per heavy atom. The second-order valence-electron chi connectivity index (χ2n) is 10.3. The number of nitrogens with one attached hydrogen (secondary N) is 1. The molecule has 10 heteroatoms. The van der Waals surface area contributed by atoms with Gasteiger partial charge in [0.2, 0.25) is 0 Å². The Bertz CT molecular complexity index is 1080. The maximum absolute atomic E-state index is 13.7. The van der Waals surface area contributed by atoms with E-state index >= 15 is 0 Å². The summed E-state index contributed by atoms with van der Waals surface area (Å²) in [5.74, 6) is 0.547. The van der Waals surface area contributed by atoms with Crippen molar-refractivity contribution in [3.8, 4) is 5.75 Å². The Kier molecular flexibility index (Phi) is 8.83. The molecule has 0 saturated carbocycles. The van der Waals surface area contributed by atoms with Crippen LogP contribution >= 0.6 is 11.3 Å². The van der Waals surface area contributed by atoms with Crippen LogP contribution in [0.1, 0.15) is 43.7 Å². The SMILES string of the molecule is COc1ccc([C@@H]2CC(c3cccs3)=NN2C(=O)CN(CCN2CCOCC2)C(=O)NC(C)(C)C)cc1. The third-order valence-electron chi connectivity index (χ3n) is 6.36. The molecule has 0 aliphatic carbocycles. The topological polar surface area (TPSA) is 86.7 Å². The van der Waals surface area contributed by atoms with Crippen molar-refractivity contribution in [2.45, 2.75) is 38.8 Å². The van der Waals surface area contributed by atoms with E-state index < -0.39 is 5.54 Å². The van der Waals surface area contributed by atoms with Crippen molar-refractivity contribution in [1.29, 1.82) is 0 Å². The van der Waals surface area contributed by atoms with Gasteiger partial charge in [-0.15, -0.1) is 11.3 Å². The number of amides is 3. The summed E-state index contributed by atoms with van der Waals surface area (Å²) in [4.78, 5) is 31.9. The fourth-order valence-corrected chi connectivity index (χ4v) is 5.11. The molecule has 0 radical (unpaired) electrons. The molecule has 1 fully saturated rings. The van der Waals surface area contributed by atoms with Gasteiger partial charge in [0.05, 0.1) is 37.0 Å². The molecule has 1 saturated heterocycles. The lowest BCUT2D eigenvalue weighted by Gasteiger charge is -2.32. The molecule has 2 aliphatic heterocycles. The van der Waals surface area contributed by atoms with Crippen molar-refractivity contribution < 1.29 is 19.1 Å². The van der Waals surface area contributed by atoms with Gasteiger partial charge in [-0.1, -0.05) is 18.2 Å². The van der Waals surface area contributed by atoms with Crippen LogP contribution in [0.15, 0.2) is 46.9 Å². The van der Waals surface area contributed by atoms with Gasteiger partial charge in [-0.2, -0.15) is 5.10 Å². The van der Waals surface area contributed by atoms with Crippen LogP contribution in [0.25, 0.3) is 0 Å². The van der Waals surface area contributed by atoms with Crippen LogP contribution in [0.5, 0.6) is 5.75 Å². The third-order valence-corrected chi connectivity index (χ3v) is 7.28. The Balaban J connectivity index is 1.54.